The highest BCUT2D eigenvalue weighted by atomic mass is 35.5. The van der Waals surface area contributed by atoms with Crippen LogP contribution in [0.25, 0.3) is 0 Å². The molecule has 2 atom stereocenters. The molecule has 29 heavy (non-hydrogen) atoms. The van der Waals surface area contributed by atoms with Gasteiger partial charge in [0, 0.05) is 44.6 Å². The van der Waals surface area contributed by atoms with E-state index in [2.05, 4.69) is 22.5 Å². The zero-order chi connectivity index (χ0) is 20.4. The number of amides is 1. The molecule has 2 aliphatic rings. The number of nitrogens with one attached hydrogen (secondary N) is 1. The summed E-state index contributed by atoms with van der Waals surface area (Å²) in [6, 6.07) is 5.38. The van der Waals surface area contributed by atoms with E-state index in [1.165, 1.54) is 6.42 Å². The van der Waals surface area contributed by atoms with Gasteiger partial charge in [-0.25, -0.2) is 4.98 Å². The maximum atomic E-state index is 12.6. The summed E-state index contributed by atoms with van der Waals surface area (Å²) in [4.78, 5) is 21.6. The van der Waals surface area contributed by atoms with E-state index in [9.17, 15) is 4.79 Å². The van der Waals surface area contributed by atoms with Crippen LogP contribution in [0, 0.1) is 11.8 Å². The lowest BCUT2D eigenvalue weighted by Crippen LogP contribution is -2.48. The Balaban J connectivity index is 1.21. The minimum atomic E-state index is 0.137. The van der Waals surface area contributed by atoms with Crippen molar-refractivity contribution in [2.24, 2.45) is 11.8 Å². The molecule has 1 amide bonds. The fraction of sp³-hybridized carbons (Fsp3) is 0.524. The second kappa shape index (κ2) is 9.21. The number of hydrogen-bond donors (Lipinski definition) is 1. The first-order valence-electron chi connectivity index (χ1n) is 10.1. The van der Waals surface area contributed by atoms with Gasteiger partial charge in [-0.1, -0.05) is 36.2 Å². The molecule has 1 aromatic heterocycles. The van der Waals surface area contributed by atoms with Crippen LogP contribution in [-0.2, 0) is 17.8 Å². The number of carbonyl (C=O) groups is 1. The average Bonchev–Trinajstić information content (AvgIpc) is 3.23. The van der Waals surface area contributed by atoms with Gasteiger partial charge in [0.15, 0.2) is 5.13 Å². The molecule has 2 fully saturated rings. The highest BCUT2D eigenvalue weighted by Crippen LogP contribution is 2.37. The van der Waals surface area contributed by atoms with Gasteiger partial charge in [-0.2, -0.15) is 0 Å². The first-order chi connectivity index (χ1) is 14.0. The summed E-state index contributed by atoms with van der Waals surface area (Å²) in [5.74, 6) is 1.81. The van der Waals surface area contributed by atoms with Crippen molar-refractivity contribution >= 4 is 45.6 Å². The number of piperazine rings is 1. The van der Waals surface area contributed by atoms with Gasteiger partial charge in [0.2, 0.25) is 5.91 Å². The smallest absolute Gasteiger partial charge is 0.227 e. The van der Waals surface area contributed by atoms with Crippen LogP contribution in [0.4, 0.5) is 5.13 Å². The molecular weight excluding hydrogens is 427 g/mol. The SMILES string of the molecule is CC1CC1CNc1nc(CN2CCN(C(=O)Cc3ccc(Cl)c(Cl)c3)CC2)cs1. The summed E-state index contributed by atoms with van der Waals surface area (Å²) >= 11 is 13.7. The van der Waals surface area contributed by atoms with Gasteiger partial charge in [-0.3, -0.25) is 9.69 Å². The lowest BCUT2D eigenvalue weighted by molar-refractivity contribution is -0.132. The van der Waals surface area contributed by atoms with Crippen LogP contribution >= 0.6 is 34.5 Å². The van der Waals surface area contributed by atoms with Crippen LogP contribution in [0.15, 0.2) is 23.6 Å². The molecular formula is C21H26Cl2N4OS. The summed E-state index contributed by atoms with van der Waals surface area (Å²) in [5, 5.41) is 7.63. The molecule has 1 saturated carbocycles. The first kappa shape index (κ1) is 20.9. The van der Waals surface area contributed by atoms with Crippen molar-refractivity contribution in [3.63, 3.8) is 0 Å². The highest BCUT2D eigenvalue weighted by Gasteiger charge is 2.32. The summed E-state index contributed by atoms with van der Waals surface area (Å²) in [7, 11) is 0. The van der Waals surface area contributed by atoms with Gasteiger partial charge in [-0.05, 0) is 36.0 Å². The second-order valence-corrected chi connectivity index (χ2v) is 9.75. The molecule has 1 aromatic carbocycles. The Kier molecular flexibility index (Phi) is 6.64. The maximum absolute atomic E-state index is 12.6. The monoisotopic (exact) mass is 452 g/mol. The van der Waals surface area contributed by atoms with E-state index in [0.29, 0.717) is 16.5 Å². The van der Waals surface area contributed by atoms with E-state index in [0.717, 1.165) is 67.5 Å². The van der Waals surface area contributed by atoms with E-state index < -0.39 is 0 Å². The Morgan fingerprint density at radius 3 is 2.69 bits per heavy atom. The third-order valence-electron chi connectivity index (χ3n) is 5.79. The number of hydrogen-bond acceptors (Lipinski definition) is 5. The molecule has 8 heteroatoms. The number of rotatable bonds is 7. The second-order valence-electron chi connectivity index (χ2n) is 8.08. The van der Waals surface area contributed by atoms with Gasteiger partial charge in [0.05, 0.1) is 22.2 Å². The van der Waals surface area contributed by atoms with E-state index in [1.54, 1.807) is 23.5 Å². The molecule has 1 aliphatic carbocycles. The van der Waals surface area contributed by atoms with Crippen molar-refractivity contribution < 1.29 is 4.79 Å². The standard InChI is InChI=1S/C21H26Cl2N4OS/c1-14-8-16(14)11-24-21-25-17(13-29-21)12-26-4-6-27(7-5-26)20(28)10-15-2-3-18(22)19(23)9-15/h2-3,9,13-14,16H,4-8,10-12H2,1H3,(H,24,25). The Morgan fingerprint density at radius 2 is 2.00 bits per heavy atom. The molecule has 2 aromatic rings. The van der Waals surface area contributed by atoms with E-state index in [4.69, 9.17) is 28.2 Å². The molecule has 156 valence electrons. The molecule has 0 radical (unpaired) electrons. The lowest BCUT2D eigenvalue weighted by atomic mass is 10.1. The molecule has 0 bridgehead atoms. The number of benzene rings is 1. The minimum Gasteiger partial charge on any atom is -0.361 e. The van der Waals surface area contributed by atoms with Crippen LogP contribution in [0.3, 0.4) is 0 Å². The van der Waals surface area contributed by atoms with Gasteiger partial charge in [0.25, 0.3) is 0 Å². The van der Waals surface area contributed by atoms with Crippen LogP contribution in [0.5, 0.6) is 0 Å². The minimum absolute atomic E-state index is 0.137. The molecule has 2 unspecified atom stereocenters. The third-order valence-corrected chi connectivity index (χ3v) is 7.38. The van der Waals surface area contributed by atoms with Crippen LogP contribution in [0.2, 0.25) is 10.0 Å². The molecule has 1 N–H and O–H groups in total. The summed E-state index contributed by atoms with van der Waals surface area (Å²) in [6.45, 7) is 7.40. The van der Waals surface area contributed by atoms with Crippen LogP contribution in [-0.4, -0.2) is 53.4 Å². The summed E-state index contributed by atoms with van der Waals surface area (Å²) in [5.41, 5.74) is 2.01. The lowest BCUT2D eigenvalue weighted by Gasteiger charge is -2.34. The number of carbonyl (C=O) groups excluding carboxylic acids is 1. The van der Waals surface area contributed by atoms with E-state index >= 15 is 0 Å². The maximum Gasteiger partial charge on any atom is 0.227 e. The zero-order valence-electron chi connectivity index (χ0n) is 16.5. The van der Waals surface area contributed by atoms with Crippen LogP contribution in [0.1, 0.15) is 24.6 Å². The van der Waals surface area contributed by atoms with Gasteiger partial charge < -0.3 is 10.2 Å². The Hall–Kier alpha value is -1.34. The van der Waals surface area contributed by atoms with Crippen LogP contribution < -0.4 is 5.32 Å². The van der Waals surface area contributed by atoms with Crippen molar-refractivity contribution in [3.8, 4) is 0 Å². The predicted octanol–water partition coefficient (Wildman–Crippen LogP) is 4.40. The molecule has 1 saturated heterocycles. The van der Waals surface area contributed by atoms with Crippen molar-refractivity contribution in [1.82, 2.24) is 14.8 Å². The van der Waals surface area contributed by atoms with Gasteiger partial charge in [0.1, 0.15) is 0 Å². The van der Waals surface area contributed by atoms with Crippen molar-refractivity contribution in [2.75, 3.05) is 38.0 Å². The number of thiazole rings is 1. The van der Waals surface area contributed by atoms with Crippen molar-refractivity contribution in [3.05, 3.63) is 44.9 Å². The topological polar surface area (TPSA) is 48.5 Å². The first-order valence-corrected chi connectivity index (χ1v) is 11.7. The quantitative estimate of drug-likeness (QED) is 0.675. The fourth-order valence-corrected chi connectivity index (χ4v) is 4.72. The average molecular weight is 453 g/mol. The summed E-state index contributed by atoms with van der Waals surface area (Å²) in [6.07, 6.45) is 1.69. The molecule has 2 heterocycles. The number of aromatic nitrogens is 1. The van der Waals surface area contributed by atoms with Gasteiger partial charge >= 0.3 is 0 Å². The van der Waals surface area contributed by atoms with Crippen molar-refractivity contribution in [1.29, 1.82) is 0 Å². The van der Waals surface area contributed by atoms with Crippen molar-refractivity contribution in [2.45, 2.75) is 26.3 Å². The predicted molar refractivity (Wildman–Crippen MR) is 120 cm³/mol. The van der Waals surface area contributed by atoms with Gasteiger partial charge in [-0.15, -0.1) is 11.3 Å². The number of anilines is 1. The Labute approximate surface area is 186 Å². The molecule has 1 aliphatic heterocycles. The Bertz CT molecular complexity index is 866. The largest absolute Gasteiger partial charge is 0.361 e. The van der Waals surface area contributed by atoms with E-state index in [1.807, 2.05) is 11.0 Å². The highest BCUT2D eigenvalue weighted by molar-refractivity contribution is 7.13. The van der Waals surface area contributed by atoms with E-state index in [-0.39, 0.29) is 5.91 Å². The third kappa shape index (κ3) is 5.63. The number of halogens is 2. The fourth-order valence-electron chi connectivity index (χ4n) is 3.68. The zero-order valence-corrected chi connectivity index (χ0v) is 18.9. The molecule has 0 spiro atoms. The molecule has 5 nitrogen and oxygen atoms in total. The molecule has 4 rings (SSSR count). The normalized spacial score (nSPS) is 22.0. The Morgan fingerprint density at radius 1 is 1.24 bits per heavy atom. The number of nitrogens with zero attached hydrogens (tertiary/aromatic N) is 3. The summed E-state index contributed by atoms with van der Waals surface area (Å²) < 4.78 is 0.